The van der Waals surface area contributed by atoms with E-state index in [0.29, 0.717) is 36.1 Å². The van der Waals surface area contributed by atoms with E-state index in [-0.39, 0.29) is 11.9 Å². The minimum Gasteiger partial charge on any atom is -0.486 e. The van der Waals surface area contributed by atoms with Gasteiger partial charge in [-0.3, -0.25) is 4.79 Å². The molecule has 5 nitrogen and oxygen atoms in total. The van der Waals surface area contributed by atoms with Crippen molar-refractivity contribution in [3.8, 4) is 5.75 Å². The molecule has 1 N–H and O–H groups in total. The molecule has 2 fully saturated rings. The zero-order valence-corrected chi connectivity index (χ0v) is 15.2. The summed E-state index contributed by atoms with van der Waals surface area (Å²) in [5.41, 5.74) is 0.834. The molecule has 0 bridgehead atoms. The first-order chi connectivity index (χ1) is 12.7. The minimum absolute atomic E-state index is 0.137. The van der Waals surface area contributed by atoms with Crippen LogP contribution in [0.3, 0.4) is 0 Å². The van der Waals surface area contributed by atoms with Gasteiger partial charge in [-0.05, 0) is 38.0 Å². The first-order valence-electron chi connectivity index (χ1n) is 9.37. The Bertz CT molecular complexity index is 770. The quantitative estimate of drug-likeness (QED) is 0.858. The maximum absolute atomic E-state index is 12.7. The summed E-state index contributed by atoms with van der Waals surface area (Å²) in [6, 6.07) is 11.6. The fraction of sp³-hybridized carbons (Fsp3) is 0.476. The molecular formula is C21H25NO4. The number of rotatable bonds is 6. The molecule has 1 amide bonds. The van der Waals surface area contributed by atoms with E-state index in [9.17, 15) is 4.79 Å². The highest BCUT2D eigenvalue weighted by Gasteiger charge is 2.53. The summed E-state index contributed by atoms with van der Waals surface area (Å²) in [6.45, 7) is 5.15. The van der Waals surface area contributed by atoms with E-state index in [1.807, 2.05) is 43.3 Å². The largest absolute Gasteiger partial charge is 0.486 e. The SMILES string of the molecule is CC[C@H]1[C@H](NC(=O)c2oc(COc3ccccc3)cc2C)[C@H]2CCO[C@H]21. The number of benzene rings is 1. The third-order valence-corrected chi connectivity index (χ3v) is 5.60. The third-order valence-electron chi connectivity index (χ3n) is 5.60. The number of carbonyl (C=O) groups excluding carboxylic acids is 1. The van der Waals surface area contributed by atoms with Crippen LogP contribution >= 0.6 is 0 Å². The van der Waals surface area contributed by atoms with E-state index in [2.05, 4.69) is 12.2 Å². The summed E-state index contributed by atoms with van der Waals surface area (Å²) in [5.74, 6) is 2.53. The van der Waals surface area contributed by atoms with Crippen LogP contribution in [-0.4, -0.2) is 24.7 Å². The second-order valence-corrected chi connectivity index (χ2v) is 7.19. The number of ether oxygens (including phenoxy) is 2. The number of carbonyl (C=O) groups is 1. The molecule has 0 unspecified atom stereocenters. The van der Waals surface area contributed by atoms with Gasteiger partial charge in [0.15, 0.2) is 5.76 Å². The van der Waals surface area contributed by atoms with Gasteiger partial charge >= 0.3 is 0 Å². The van der Waals surface area contributed by atoms with Crippen molar-refractivity contribution in [2.45, 2.75) is 45.4 Å². The van der Waals surface area contributed by atoms with E-state index in [0.717, 1.165) is 30.8 Å². The van der Waals surface area contributed by atoms with Gasteiger partial charge in [-0.1, -0.05) is 25.1 Å². The van der Waals surface area contributed by atoms with E-state index < -0.39 is 0 Å². The van der Waals surface area contributed by atoms with Crippen molar-refractivity contribution in [2.24, 2.45) is 11.8 Å². The van der Waals surface area contributed by atoms with Gasteiger partial charge in [0, 0.05) is 30.0 Å². The topological polar surface area (TPSA) is 60.7 Å². The second-order valence-electron chi connectivity index (χ2n) is 7.19. The molecule has 138 valence electrons. The first-order valence-corrected chi connectivity index (χ1v) is 9.37. The molecule has 2 aliphatic rings. The maximum Gasteiger partial charge on any atom is 0.287 e. The number of aryl methyl sites for hydroxylation is 1. The van der Waals surface area contributed by atoms with E-state index >= 15 is 0 Å². The molecule has 26 heavy (non-hydrogen) atoms. The van der Waals surface area contributed by atoms with Crippen LogP contribution in [0.15, 0.2) is 40.8 Å². The highest BCUT2D eigenvalue weighted by molar-refractivity contribution is 5.93. The fourth-order valence-corrected chi connectivity index (χ4v) is 4.26. The lowest BCUT2D eigenvalue weighted by molar-refractivity contribution is -0.0547. The van der Waals surface area contributed by atoms with Crippen molar-refractivity contribution in [2.75, 3.05) is 6.61 Å². The Morgan fingerprint density at radius 3 is 2.88 bits per heavy atom. The van der Waals surface area contributed by atoms with Gasteiger partial charge in [0.2, 0.25) is 0 Å². The van der Waals surface area contributed by atoms with E-state index in [1.54, 1.807) is 0 Å². The van der Waals surface area contributed by atoms with Crippen LogP contribution < -0.4 is 10.1 Å². The third kappa shape index (κ3) is 3.12. The molecule has 4 atom stereocenters. The van der Waals surface area contributed by atoms with Crippen LogP contribution in [0.25, 0.3) is 0 Å². The van der Waals surface area contributed by atoms with Crippen LogP contribution in [0.5, 0.6) is 5.75 Å². The van der Waals surface area contributed by atoms with Gasteiger partial charge in [0.1, 0.15) is 18.1 Å². The predicted molar refractivity (Wildman–Crippen MR) is 97.1 cm³/mol. The molecule has 1 aliphatic carbocycles. The normalized spacial score (nSPS) is 26.8. The summed E-state index contributed by atoms with van der Waals surface area (Å²) in [4.78, 5) is 12.7. The average molecular weight is 355 g/mol. The maximum atomic E-state index is 12.7. The Labute approximate surface area is 153 Å². The van der Waals surface area contributed by atoms with E-state index in [4.69, 9.17) is 13.9 Å². The Hall–Kier alpha value is -2.27. The van der Waals surface area contributed by atoms with Crippen molar-refractivity contribution < 1.29 is 18.7 Å². The van der Waals surface area contributed by atoms with Crippen LogP contribution in [0.1, 0.15) is 41.6 Å². The molecule has 5 heteroatoms. The number of amides is 1. The molecule has 2 aromatic rings. The van der Waals surface area contributed by atoms with Crippen LogP contribution in [0.4, 0.5) is 0 Å². The Morgan fingerprint density at radius 2 is 2.12 bits per heavy atom. The summed E-state index contributed by atoms with van der Waals surface area (Å²) in [5, 5.41) is 3.18. The van der Waals surface area contributed by atoms with Crippen LogP contribution in [-0.2, 0) is 11.3 Å². The Morgan fingerprint density at radius 1 is 1.31 bits per heavy atom. The number of furan rings is 1. The van der Waals surface area contributed by atoms with Crippen molar-refractivity contribution >= 4 is 5.91 Å². The molecule has 1 aromatic heterocycles. The van der Waals surface area contributed by atoms with Gasteiger partial charge in [-0.15, -0.1) is 0 Å². The number of hydrogen-bond donors (Lipinski definition) is 1. The standard InChI is InChI=1S/C21H25NO4/c1-3-16-18(17-9-10-24-20(16)17)22-21(23)19-13(2)11-15(26-19)12-25-14-7-5-4-6-8-14/h4-8,11,16-18,20H,3,9-10,12H2,1-2H3,(H,22,23)/t16-,17+,18-,20-/m0/s1. The van der Waals surface area contributed by atoms with Crippen LogP contribution in [0, 0.1) is 18.8 Å². The monoisotopic (exact) mass is 355 g/mol. The van der Waals surface area contributed by atoms with Gasteiger partial charge in [-0.2, -0.15) is 0 Å². The van der Waals surface area contributed by atoms with Crippen LogP contribution in [0.2, 0.25) is 0 Å². The molecule has 0 spiro atoms. The van der Waals surface area contributed by atoms with Crippen molar-refractivity contribution in [1.82, 2.24) is 5.32 Å². The smallest absolute Gasteiger partial charge is 0.287 e. The first kappa shape index (κ1) is 17.2. The molecule has 0 radical (unpaired) electrons. The minimum atomic E-state index is -0.137. The van der Waals surface area contributed by atoms with Crippen molar-refractivity contribution in [1.29, 1.82) is 0 Å². The van der Waals surface area contributed by atoms with Crippen molar-refractivity contribution in [3.63, 3.8) is 0 Å². The molecule has 1 aromatic carbocycles. The highest BCUT2D eigenvalue weighted by Crippen LogP contribution is 2.45. The van der Waals surface area contributed by atoms with Gasteiger partial charge in [0.05, 0.1) is 6.10 Å². The van der Waals surface area contributed by atoms with E-state index in [1.165, 1.54) is 0 Å². The van der Waals surface area contributed by atoms with Gasteiger partial charge in [-0.25, -0.2) is 0 Å². The number of fused-ring (bicyclic) bond motifs is 1. The molecule has 1 aliphatic heterocycles. The fourth-order valence-electron chi connectivity index (χ4n) is 4.26. The van der Waals surface area contributed by atoms with Crippen molar-refractivity contribution in [3.05, 3.63) is 53.5 Å². The number of para-hydroxylation sites is 1. The second kappa shape index (κ2) is 7.16. The Kier molecular flexibility index (Phi) is 4.72. The summed E-state index contributed by atoms with van der Waals surface area (Å²) < 4.78 is 17.3. The molecular weight excluding hydrogens is 330 g/mol. The number of hydrogen-bond acceptors (Lipinski definition) is 4. The highest BCUT2D eigenvalue weighted by atomic mass is 16.5. The summed E-state index contributed by atoms with van der Waals surface area (Å²) in [7, 11) is 0. The molecule has 2 heterocycles. The zero-order valence-electron chi connectivity index (χ0n) is 15.2. The predicted octanol–water partition coefficient (Wildman–Crippen LogP) is 3.71. The molecule has 4 rings (SSSR count). The number of nitrogens with one attached hydrogen (secondary N) is 1. The lowest BCUT2D eigenvalue weighted by Crippen LogP contribution is -2.61. The zero-order chi connectivity index (χ0) is 18.1. The molecule has 1 saturated heterocycles. The summed E-state index contributed by atoms with van der Waals surface area (Å²) >= 11 is 0. The van der Waals surface area contributed by atoms with Gasteiger partial charge < -0.3 is 19.2 Å². The summed E-state index contributed by atoms with van der Waals surface area (Å²) in [6.07, 6.45) is 2.36. The Balaban J connectivity index is 1.39. The molecule has 1 saturated carbocycles. The average Bonchev–Trinajstić information content (AvgIpc) is 3.23. The lowest BCUT2D eigenvalue weighted by Gasteiger charge is -2.47. The lowest BCUT2D eigenvalue weighted by atomic mass is 9.65. The van der Waals surface area contributed by atoms with Gasteiger partial charge in [0.25, 0.3) is 5.91 Å².